The van der Waals surface area contributed by atoms with E-state index in [1.54, 1.807) is 0 Å². The molecular weight excluding hydrogens is 262 g/mol. The molecule has 0 aromatic heterocycles. The molecule has 0 amide bonds. The van der Waals surface area contributed by atoms with Gasteiger partial charge < -0.3 is 14.5 Å². The van der Waals surface area contributed by atoms with Crippen LogP contribution in [0.3, 0.4) is 0 Å². The average molecular weight is 284 g/mol. The SMILES string of the molecule is CC(CN=C(N(C)C)N(C)C)Oc1ccc(Cl)cc1. The Kier molecular flexibility index (Phi) is 5.96. The van der Waals surface area contributed by atoms with Gasteiger partial charge >= 0.3 is 0 Å². The summed E-state index contributed by atoms with van der Waals surface area (Å²) in [7, 11) is 7.90. The third-order valence-electron chi connectivity index (χ3n) is 2.44. The molecule has 1 aromatic carbocycles. The van der Waals surface area contributed by atoms with Crippen LogP contribution in [0.5, 0.6) is 5.75 Å². The Morgan fingerprint density at radius 3 is 2.16 bits per heavy atom. The van der Waals surface area contributed by atoms with Gasteiger partial charge in [0.05, 0.1) is 6.54 Å². The van der Waals surface area contributed by atoms with Gasteiger partial charge in [-0.15, -0.1) is 0 Å². The Bertz CT molecular complexity index is 405. The zero-order valence-corrected chi connectivity index (χ0v) is 13.0. The molecule has 0 aliphatic rings. The molecule has 0 aliphatic heterocycles. The molecule has 1 aromatic rings. The summed E-state index contributed by atoms with van der Waals surface area (Å²) in [6.45, 7) is 2.61. The van der Waals surface area contributed by atoms with Gasteiger partial charge in [-0.2, -0.15) is 0 Å². The summed E-state index contributed by atoms with van der Waals surface area (Å²) < 4.78 is 5.78. The molecule has 0 fully saturated rings. The predicted octanol–water partition coefficient (Wildman–Crippen LogP) is 2.59. The molecule has 1 rings (SSSR count). The van der Waals surface area contributed by atoms with Gasteiger partial charge in [0, 0.05) is 33.2 Å². The first-order valence-corrected chi connectivity index (χ1v) is 6.59. The van der Waals surface area contributed by atoms with Crippen molar-refractivity contribution < 1.29 is 4.74 Å². The molecule has 0 aliphatic carbocycles. The predicted molar refractivity (Wildman–Crippen MR) is 81.2 cm³/mol. The third kappa shape index (κ3) is 5.39. The summed E-state index contributed by atoms with van der Waals surface area (Å²) in [5.41, 5.74) is 0. The van der Waals surface area contributed by atoms with Crippen LogP contribution >= 0.6 is 11.6 Å². The molecular formula is C14H22ClN3O. The Morgan fingerprint density at radius 2 is 1.68 bits per heavy atom. The molecule has 0 N–H and O–H groups in total. The maximum Gasteiger partial charge on any atom is 0.195 e. The van der Waals surface area contributed by atoms with E-state index in [0.717, 1.165) is 11.7 Å². The van der Waals surface area contributed by atoms with E-state index < -0.39 is 0 Å². The van der Waals surface area contributed by atoms with E-state index >= 15 is 0 Å². The number of guanidine groups is 1. The number of hydrogen-bond donors (Lipinski definition) is 0. The first-order chi connectivity index (χ1) is 8.90. The van der Waals surface area contributed by atoms with Crippen LogP contribution in [-0.4, -0.2) is 56.6 Å². The lowest BCUT2D eigenvalue weighted by atomic mass is 10.3. The molecule has 0 saturated carbocycles. The Balaban J connectivity index is 2.57. The van der Waals surface area contributed by atoms with Crippen LogP contribution in [-0.2, 0) is 0 Å². The van der Waals surface area contributed by atoms with Crippen LogP contribution < -0.4 is 4.74 Å². The zero-order valence-electron chi connectivity index (χ0n) is 12.2. The quantitative estimate of drug-likeness (QED) is 0.628. The summed E-state index contributed by atoms with van der Waals surface area (Å²) in [6, 6.07) is 7.36. The maximum atomic E-state index is 5.83. The number of ether oxygens (including phenoxy) is 1. The van der Waals surface area contributed by atoms with Crippen molar-refractivity contribution >= 4 is 17.6 Å². The molecule has 0 bridgehead atoms. The van der Waals surface area contributed by atoms with Crippen LogP contribution in [0.2, 0.25) is 5.02 Å². The molecule has 0 radical (unpaired) electrons. The highest BCUT2D eigenvalue weighted by Crippen LogP contribution is 2.16. The molecule has 0 heterocycles. The molecule has 106 valence electrons. The minimum atomic E-state index is 0.0103. The lowest BCUT2D eigenvalue weighted by Gasteiger charge is -2.23. The van der Waals surface area contributed by atoms with Crippen molar-refractivity contribution in [2.24, 2.45) is 4.99 Å². The van der Waals surface area contributed by atoms with Crippen LogP contribution in [0.4, 0.5) is 0 Å². The molecule has 1 unspecified atom stereocenters. The zero-order chi connectivity index (χ0) is 14.4. The highest BCUT2D eigenvalue weighted by molar-refractivity contribution is 6.30. The van der Waals surface area contributed by atoms with Gasteiger partial charge in [-0.05, 0) is 31.2 Å². The van der Waals surface area contributed by atoms with Crippen molar-refractivity contribution in [3.63, 3.8) is 0 Å². The van der Waals surface area contributed by atoms with Crippen LogP contribution in [0.25, 0.3) is 0 Å². The lowest BCUT2D eigenvalue weighted by Crippen LogP contribution is -2.36. The fourth-order valence-electron chi connectivity index (χ4n) is 1.68. The van der Waals surface area contributed by atoms with Crippen molar-refractivity contribution in [2.75, 3.05) is 34.7 Å². The van der Waals surface area contributed by atoms with E-state index in [-0.39, 0.29) is 6.10 Å². The van der Waals surface area contributed by atoms with Crippen molar-refractivity contribution in [1.29, 1.82) is 0 Å². The van der Waals surface area contributed by atoms with Crippen molar-refractivity contribution in [2.45, 2.75) is 13.0 Å². The van der Waals surface area contributed by atoms with E-state index in [9.17, 15) is 0 Å². The Morgan fingerprint density at radius 1 is 1.16 bits per heavy atom. The van der Waals surface area contributed by atoms with Gasteiger partial charge in [-0.25, -0.2) is 4.99 Å². The lowest BCUT2D eigenvalue weighted by molar-refractivity contribution is 0.229. The number of rotatable bonds is 4. The van der Waals surface area contributed by atoms with Gasteiger partial charge in [0.15, 0.2) is 5.96 Å². The first kappa shape index (κ1) is 15.6. The van der Waals surface area contributed by atoms with Crippen molar-refractivity contribution in [3.8, 4) is 5.75 Å². The number of nitrogens with zero attached hydrogens (tertiary/aromatic N) is 3. The fourth-order valence-corrected chi connectivity index (χ4v) is 1.80. The topological polar surface area (TPSA) is 28.1 Å². The molecule has 0 saturated heterocycles. The molecule has 4 nitrogen and oxygen atoms in total. The Labute approximate surface area is 120 Å². The average Bonchev–Trinajstić information content (AvgIpc) is 2.31. The second-order valence-corrected chi connectivity index (χ2v) is 5.25. The van der Waals surface area contributed by atoms with Gasteiger partial charge in [0.1, 0.15) is 11.9 Å². The highest BCUT2D eigenvalue weighted by atomic mass is 35.5. The number of hydrogen-bond acceptors (Lipinski definition) is 2. The van der Waals surface area contributed by atoms with Gasteiger partial charge in [0.2, 0.25) is 0 Å². The standard InChI is InChI=1S/C14H22ClN3O/c1-11(10-16-14(17(2)3)18(4)5)19-13-8-6-12(15)7-9-13/h6-9,11H,10H2,1-5H3. The molecule has 19 heavy (non-hydrogen) atoms. The van der Waals surface area contributed by atoms with Crippen molar-refractivity contribution in [3.05, 3.63) is 29.3 Å². The minimum absolute atomic E-state index is 0.0103. The second kappa shape index (κ2) is 7.24. The summed E-state index contributed by atoms with van der Waals surface area (Å²) in [4.78, 5) is 8.52. The molecule has 5 heteroatoms. The maximum absolute atomic E-state index is 5.83. The molecule has 0 spiro atoms. The largest absolute Gasteiger partial charge is 0.489 e. The number of aliphatic imine (C=N–C) groups is 1. The van der Waals surface area contributed by atoms with Gasteiger partial charge in [-0.1, -0.05) is 11.6 Å². The minimum Gasteiger partial charge on any atom is -0.489 e. The first-order valence-electron chi connectivity index (χ1n) is 6.21. The summed E-state index contributed by atoms with van der Waals surface area (Å²) in [5, 5.41) is 0.709. The van der Waals surface area contributed by atoms with Gasteiger partial charge in [0.25, 0.3) is 0 Å². The fraction of sp³-hybridized carbons (Fsp3) is 0.500. The van der Waals surface area contributed by atoms with Crippen LogP contribution in [0.15, 0.2) is 29.3 Å². The Hall–Kier alpha value is -1.42. The van der Waals surface area contributed by atoms with E-state index in [2.05, 4.69) is 4.99 Å². The highest BCUT2D eigenvalue weighted by Gasteiger charge is 2.07. The number of benzene rings is 1. The van der Waals surface area contributed by atoms with E-state index in [0.29, 0.717) is 11.6 Å². The van der Waals surface area contributed by atoms with E-state index in [4.69, 9.17) is 16.3 Å². The number of halogens is 1. The summed E-state index contributed by atoms with van der Waals surface area (Å²) in [5.74, 6) is 1.73. The second-order valence-electron chi connectivity index (χ2n) is 4.81. The van der Waals surface area contributed by atoms with Crippen molar-refractivity contribution in [1.82, 2.24) is 9.80 Å². The third-order valence-corrected chi connectivity index (χ3v) is 2.69. The van der Waals surface area contributed by atoms with E-state index in [1.807, 2.05) is 69.2 Å². The monoisotopic (exact) mass is 283 g/mol. The van der Waals surface area contributed by atoms with Crippen LogP contribution in [0, 0.1) is 0 Å². The molecule has 1 atom stereocenters. The summed E-state index contributed by atoms with van der Waals surface area (Å²) >= 11 is 5.83. The summed E-state index contributed by atoms with van der Waals surface area (Å²) in [6.07, 6.45) is 0.0103. The van der Waals surface area contributed by atoms with Gasteiger partial charge in [-0.3, -0.25) is 0 Å². The van der Waals surface area contributed by atoms with E-state index in [1.165, 1.54) is 0 Å². The smallest absolute Gasteiger partial charge is 0.195 e. The normalized spacial score (nSPS) is 11.7. The van der Waals surface area contributed by atoms with Crippen LogP contribution in [0.1, 0.15) is 6.92 Å².